The van der Waals surface area contributed by atoms with Crippen molar-refractivity contribution in [2.45, 2.75) is 6.18 Å². The molecule has 3 aromatic carbocycles. The van der Waals surface area contributed by atoms with Crippen LogP contribution in [0.1, 0.15) is 37.7 Å². The lowest BCUT2D eigenvalue weighted by molar-refractivity contribution is -0.137. The van der Waals surface area contributed by atoms with E-state index >= 15 is 0 Å². The summed E-state index contributed by atoms with van der Waals surface area (Å²) in [5.74, 6) is -1.02. The van der Waals surface area contributed by atoms with Crippen LogP contribution in [-0.4, -0.2) is 40.7 Å². The topological polar surface area (TPSA) is 68.1 Å². The van der Waals surface area contributed by atoms with E-state index in [1.807, 2.05) is 0 Å². The van der Waals surface area contributed by atoms with Crippen molar-refractivity contribution in [1.82, 2.24) is 15.0 Å². The summed E-state index contributed by atoms with van der Waals surface area (Å²) in [6.45, 7) is 0. The van der Waals surface area contributed by atoms with E-state index in [-0.39, 0.29) is 33.8 Å². The summed E-state index contributed by atoms with van der Waals surface area (Å²) >= 11 is 0. The Balaban J connectivity index is 1.67. The summed E-state index contributed by atoms with van der Waals surface area (Å²) in [4.78, 5) is 27.7. The molecule has 0 atom stereocenters. The minimum atomic E-state index is -4.67. The minimum Gasteiger partial charge on any atom is -0.378 e. The fraction of sp³-hybridized carbons (Fsp3) is 0.120. The van der Waals surface area contributed by atoms with E-state index in [1.165, 1.54) is 24.3 Å². The van der Waals surface area contributed by atoms with Gasteiger partial charge >= 0.3 is 6.18 Å². The second-order valence-corrected chi connectivity index (χ2v) is 8.07. The molecule has 34 heavy (non-hydrogen) atoms. The van der Waals surface area contributed by atoms with Crippen molar-refractivity contribution in [2.75, 3.05) is 19.0 Å². The van der Waals surface area contributed by atoms with Gasteiger partial charge in [-0.2, -0.15) is 13.2 Å². The van der Waals surface area contributed by atoms with E-state index in [1.54, 1.807) is 55.4 Å². The maximum absolute atomic E-state index is 14.1. The number of hydrogen-bond acceptors (Lipinski definition) is 5. The number of hydrogen-bond donors (Lipinski definition) is 0. The molecule has 1 aliphatic rings. The van der Waals surface area contributed by atoms with E-state index in [0.29, 0.717) is 5.56 Å². The maximum Gasteiger partial charge on any atom is 0.417 e. The van der Waals surface area contributed by atoms with Gasteiger partial charge in [-0.1, -0.05) is 47.7 Å². The quantitative estimate of drug-likeness (QED) is 0.386. The molecule has 1 aliphatic carbocycles. The van der Waals surface area contributed by atoms with E-state index in [9.17, 15) is 22.8 Å². The summed E-state index contributed by atoms with van der Waals surface area (Å²) in [6, 6.07) is 16.7. The number of ketones is 2. The van der Waals surface area contributed by atoms with Crippen LogP contribution in [0.25, 0.3) is 16.8 Å². The first-order chi connectivity index (χ1) is 16.2. The molecule has 0 saturated heterocycles. The standard InChI is InChI=1S/C25H17F3N4O2/c1-31(2)15-7-5-6-14(12-15)17-11-10-16(13-20(17)25(26,27)28)32-22-21(29-30-32)23(33)18-8-3-4-9-19(18)24(22)34/h3-13H,1-2H3. The number of halogens is 3. The molecule has 0 spiro atoms. The molecule has 5 rings (SSSR count). The first kappa shape index (κ1) is 21.6. The number of aromatic nitrogens is 3. The van der Waals surface area contributed by atoms with Crippen LogP contribution in [0.5, 0.6) is 0 Å². The van der Waals surface area contributed by atoms with E-state index < -0.39 is 23.3 Å². The smallest absolute Gasteiger partial charge is 0.378 e. The van der Waals surface area contributed by atoms with Gasteiger partial charge in [-0.05, 0) is 35.4 Å². The van der Waals surface area contributed by atoms with Crippen molar-refractivity contribution in [3.63, 3.8) is 0 Å². The Labute approximate surface area is 192 Å². The first-order valence-electron chi connectivity index (χ1n) is 10.3. The summed E-state index contributed by atoms with van der Waals surface area (Å²) in [6.07, 6.45) is -4.67. The number of rotatable bonds is 3. The second-order valence-electron chi connectivity index (χ2n) is 8.07. The third-order valence-electron chi connectivity index (χ3n) is 5.74. The molecule has 1 heterocycles. The average Bonchev–Trinajstić information content (AvgIpc) is 3.27. The normalized spacial score (nSPS) is 13.0. The van der Waals surface area contributed by atoms with Gasteiger partial charge in [0.15, 0.2) is 5.69 Å². The van der Waals surface area contributed by atoms with Gasteiger partial charge in [0.25, 0.3) is 0 Å². The molecule has 1 aromatic heterocycles. The van der Waals surface area contributed by atoms with E-state index in [0.717, 1.165) is 16.4 Å². The highest BCUT2D eigenvalue weighted by Crippen LogP contribution is 2.39. The molecular formula is C25H17F3N4O2. The number of anilines is 1. The fourth-order valence-electron chi connectivity index (χ4n) is 4.06. The average molecular weight is 462 g/mol. The molecular weight excluding hydrogens is 445 g/mol. The number of carbonyl (C=O) groups is 2. The van der Waals surface area contributed by atoms with Crippen molar-refractivity contribution in [3.05, 3.63) is 94.8 Å². The number of alkyl halides is 3. The van der Waals surface area contributed by atoms with Gasteiger partial charge in [-0.25, -0.2) is 4.68 Å². The lowest BCUT2D eigenvalue weighted by Crippen LogP contribution is -2.23. The number of carbonyl (C=O) groups excluding carboxylic acids is 2. The Bertz CT molecular complexity index is 1470. The van der Waals surface area contributed by atoms with Gasteiger partial charge in [0.1, 0.15) is 5.69 Å². The van der Waals surface area contributed by atoms with Crippen LogP contribution in [0.3, 0.4) is 0 Å². The summed E-state index contributed by atoms with van der Waals surface area (Å²) in [5, 5.41) is 7.69. The van der Waals surface area contributed by atoms with Gasteiger partial charge in [0, 0.05) is 30.9 Å². The van der Waals surface area contributed by atoms with Crippen LogP contribution in [0.15, 0.2) is 66.7 Å². The first-order valence-corrected chi connectivity index (χ1v) is 10.3. The van der Waals surface area contributed by atoms with Crippen molar-refractivity contribution in [3.8, 4) is 16.8 Å². The highest BCUT2D eigenvalue weighted by Gasteiger charge is 2.37. The maximum atomic E-state index is 14.1. The van der Waals surface area contributed by atoms with Crippen LogP contribution in [-0.2, 0) is 6.18 Å². The molecule has 4 aromatic rings. The lowest BCUT2D eigenvalue weighted by atomic mass is 9.90. The zero-order chi connectivity index (χ0) is 24.2. The molecule has 170 valence electrons. The van der Waals surface area contributed by atoms with E-state index in [4.69, 9.17) is 0 Å². The van der Waals surface area contributed by atoms with Crippen molar-refractivity contribution >= 4 is 17.3 Å². The third kappa shape index (κ3) is 3.37. The molecule has 0 aliphatic heterocycles. The molecule has 0 saturated carbocycles. The predicted molar refractivity (Wildman–Crippen MR) is 119 cm³/mol. The number of benzene rings is 3. The highest BCUT2D eigenvalue weighted by molar-refractivity contribution is 6.27. The molecule has 0 bridgehead atoms. The third-order valence-corrected chi connectivity index (χ3v) is 5.74. The van der Waals surface area contributed by atoms with Crippen LogP contribution < -0.4 is 4.90 Å². The lowest BCUT2D eigenvalue weighted by Gasteiger charge is -2.18. The molecule has 0 N–H and O–H groups in total. The minimum absolute atomic E-state index is 0.0123. The van der Waals surface area contributed by atoms with Gasteiger partial charge < -0.3 is 4.90 Å². The highest BCUT2D eigenvalue weighted by atomic mass is 19.4. The predicted octanol–water partition coefficient (Wildman–Crippen LogP) is 4.79. The second kappa shape index (κ2) is 7.65. The molecule has 0 fully saturated rings. The Hall–Kier alpha value is -4.27. The van der Waals surface area contributed by atoms with Crippen molar-refractivity contribution in [1.29, 1.82) is 0 Å². The number of fused-ring (bicyclic) bond motifs is 2. The van der Waals surface area contributed by atoms with Crippen LogP contribution in [0, 0.1) is 0 Å². The molecule has 0 unspecified atom stereocenters. The fourth-order valence-corrected chi connectivity index (χ4v) is 4.06. The summed E-state index contributed by atoms with van der Waals surface area (Å²) in [7, 11) is 3.61. The van der Waals surface area contributed by atoms with Crippen molar-refractivity contribution < 1.29 is 22.8 Å². The zero-order valence-electron chi connectivity index (χ0n) is 18.1. The number of nitrogens with zero attached hydrogens (tertiary/aromatic N) is 4. The van der Waals surface area contributed by atoms with Gasteiger partial charge in [-0.15, -0.1) is 5.10 Å². The zero-order valence-corrected chi connectivity index (χ0v) is 18.1. The molecule has 0 radical (unpaired) electrons. The monoisotopic (exact) mass is 462 g/mol. The van der Waals surface area contributed by atoms with Crippen LogP contribution in [0.2, 0.25) is 0 Å². The molecule has 6 nitrogen and oxygen atoms in total. The summed E-state index contributed by atoms with van der Waals surface area (Å²) < 4.78 is 43.3. The Morgan fingerprint density at radius 2 is 1.53 bits per heavy atom. The summed E-state index contributed by atoms with van der Waals surface area (Å²) in [5.41, 5.74) is 0.250. The van der Waals surface area contributed by atoms with Crippen LogP contribution >= 0.6 is 0 Å². The Morgan fingerprint density at radius 3 is 2.21 bits per heavy atom. The van der Waals surface area contributed by atoms with Crippen molar-refractivity contribution in [2.24, 2.45) is 0 Å². The SMILES string of the molecule is CN(C)c1cccc(-c2ccc(-n3nnc4c3C(=O)c3ccccc3C4=O)cc2C(F)(F)F)c1. The largest absolute Gasteiger partial charge is 0.417 e. The van der Waals surface area contributed by atoms with Gasteiger partial charge in [-0.3, -0.25) is 9.59 Å². The van der Waals surface area contributed by atoms with E-state index in [2.05, 4.69) is 10.3 Å². The Morgan fingerprint density at radius 1 is 0.824 bits per heavy atom. The van der Waals surface area contributed by atoms with Gasteiger partial charge in [0.2, 0.25) is 11.6 Å². The van der Waals surface area contributed by atoms with Gasteiger partial charge in [0.05, 0.1) is 11.3 Å². The molecule has 9 heteroatoms. The van der Waals surface area contributed by atoms with Crippen LogP contribution in [0.4, 0.5) is 18.9 Å². The molecule has 0 amide bonds. The Kier molecular flexibility index (Phi) is 4.85.